The van der Waals surface area contributed by atoms with Crippen molar-refractivity contribution in [3.8, 4) is 0 Å². The van der Waals surface area contributed by atoms with Crippen molar-refractivity contribution < 1.29 is 13.2 Å². The molecule has 1 atom stereocenters. The van der Waals surface area contributed by atoms with Gasteiger partial charge in [0.05, 0.1) is 4.99 Å². The topological polar surface area (TPSA) is 45.4 Å². The van der Waals surface area contributed by atoms with Gasteiger partial charge in [-0.2, -0.15) is 13.2 Å². The molecule has 4 nitrogen and oxygen atoms in total. The molecule has 0 amide bonds. The molecule has 1 unspecified atom stereocenters. The zero-order valence-corrected chi connectivity index (χ0v) is 12.3. The quantitative estimate of drug-likeness (QED) is 0.855. The van der Waals surface area contributed by atoms with Crippen LogP contribution in [-0.2, 0) is 0 Å². The number of thiocarbonyl (C=S) groups is 1. The molecule has 1 aliphatic heterocycles. The zero-order chi connectivity index (χ0) is 14.8. The first kappa shape index (κ1) is 15.5. The molecule has 1 aromatic rings. The molecule has 0 aliphatic carbocycles. The third-order valence-electron chi connectivity index (χ3n) is 3.24. The van der Waals surface area contributed by atoms with Crippen LogP contribution in [0.2, 0.25) is 0 Å². The summed E-state index contributed by atoms with van der Waals surface area (Å²) in [4.78, 5) is 7.54. The highest BCUT2D eigenvalue weighted by Crippen LogP contribution is 2.28. The second kappa shape index (κ2) is 6.23. The summed E-state index contributed by atoms with van der Waals surface area (Å²) in [6.45, 7) is 2.26. The summed E-state index contributed by atoms with van der Waals surface area (Å²) in [5.41, 5.74) is 5.21. The number of thiazole rings is 1. The molecule has 1 fully saturated rings. The Morgan fingerprint density at radius 2 is 2.05 bits per heavy atom. The number of hydrogen-bond acceptors (Lipinski definition) is 5. The molecule has 0 bridgehead atoms. The zero-order valence-electron chi connectivity index (χ0n) is 10.6. The van der Waals surface area contributed by atoms with E-state index in [4.69, 9.17) is 5.73 Å². The number of aromatic nitrogens is 1. The van der Waals surface area contributed by atoms with E-state index in [1.54, 1.807) is 11.1 Å². The van der Waals surface area contributed by atoms with Crippen molar-refractivity contribution in [2.45, 2.75) is 6.18 Å². The number of piperazine rings is 1. The van der Waals surface area contributed by atoms with Gasteiger partial charge in [-0.25, -0.2) is 4.98 Å². The number of nitrogens with zero attached hydrogens (tertiary/aromatic N) is 3. The minimum absolute atomic E-state index is 0.162. The standard InChI is InChI=1S/C11H15F3N4S2/c12-11(13,14)8(9(15)19)7-17-2-4-18(5-3-17)10-16-1-6-20-10/h1,6,8H,2-5,7H2,(H2,15,19). The highest BCUT2D eigenvalue weighted by atomic mass is 32.1. The summed E-state index contributed by atoms with van der Waals surface area (Å²) < 4.78 is 38.4. The lowest BCUT2D eigenvalue weighted by atomic mass is 10.1. The number of hydrogen-bond donors (Lipinski definition) is 1. The maximum Gasteiger partial charge on any atom is 0.399 e. The van der Waals surface area contributed by atoms with Crippen LogP contribution in [0.3, 0.4) is 0 Å². The van der Waals surface area contributed by atoms with Gasteiger partial charge in [-0.15, -0.1) is 11.3 Å². The lowest BCUT2D eigenvalue weighted by Crippen LogP contribution is -2.51. The van der Waals surface area contributed by atoms with E-state index in [0.29, 0.717) is 26.2 Å². The molecule has 0 spiro atoms. The average Bonchev–Trinajstić information content (AvgIpc) is 2.88. The van der Waals surface area contributed by atoms with Gasteiger partial charge in [0.15, 0.2) is 5.13 Å². The van der Waals surface area contributed by atoms with E-state index < -0.39 is 17.1 Å². The summed E-state index contributed by atoms with van der Waals surface area (Å²) in [5, 5.41) is 2.79. The minimum atomic E-state index is -4.38. The SMILES string of the molecule is NC(=S)C(CN1CCN(c2nccs2)CC1)C(F)(F)F. The molecule has 0 saturated carbocycles. The fourth-order valence-electron chi connectivity index (χ4n) is 2.11. The maximum atomic E-state index is 12.8. The van der Waals surface area contributed by atoms with Crippen LogP contribution in [-0.4, -0.2) is 53.8 Å². The fourth-order valence-corrected chi connectivity index (χ4v) is 3.01. The van der Waals surface area contributed by atoms with Crippen LogP contribution in [0.5, 0.6) is 0 Å². The van der Waals surface area contributed by atoms with E-state index in [2.05, 4.69) is 22.1 Å². The van der Waals surface area contributed by atoms with Crippen LogP contribution >= 0.6 is 23.6 Å². The van der Waals surface area contributed by atoms with Crippen molar-refractivity contribution >= 4 is 33.7 Å². The molecule has 0 aromatic carbocycles. The van der Waals surface area contributed by atoms with Gasteiger partial charge in [-0.05, 0) is 0 Å². The third kappa shape index (κ3) is 3.80. The molecule has 0 radical (unpaired) electrons. The third-order valence-corrected chi connectivity index (χ3v) is 4.36. The van der Waals surface area contributed by atoms with Crippen molar-refractivity contribution in [3.05, 3.63) is 11.6 Å². The molecule has 1 aliphatic rings. The van der Waals surface area contributed by atoms with Crippen molar-refractivity contribution in [2.24, 2.45) is 11.7 Å². The Kier molecular flexibility index (Phi) is 4.82. The first-order valence-corrected chi connectivity index (χ1v) is 7.39. The molecular weight excluding hydrogens is 309 g/mol. The second-order valence-electron chi connectivity index (χ2n) is 4.60. The lowest BCUT2D eigenvalue weighted by molar-refractivity contribution is -0.159. The molecule has 20 heavy (non-hydrogen) atoms. The van der Waals surface area contributed by atoms with Gasteiger partial charge in [0, 0.05) is 44.3 Å². The van der Waals surface area contributed by atoms with Crippen LogP contribution in [0.15, 0.2) is 11.6 Å². The summed E-state index contributed by atoms with van der Waals surface area (Å²) in [7, 11) is 0. The molecule has 1 saturated heterocycles. The van der Waals surface area contributed by atoms with Gasteiger partial charge >= 0.3 is 6.18 Å². The highest BCUT2D eigenvalue weighted by Gasteiger charge is 2.42. The van der Waals surface area contributed by atoms with Crippen LogP contribution in [0.1, 0.15) is 0 Å². The maximum absolute atomic E-state index is 12.8. The van der Waals surface area contributed by atoms with E-state index >= 15 is 0 Å². The molecule has 2 rings (SSSR count). The summed E-state index contributed by atoms with van der Waals surface area (Å²) in [6.07, 6.45) is -2.66. The Morgan fingerprint density at radius 1 is 1.40 bits per heavy atom. The molecule has 2 heterocycles. The van der Waals surface area contributed by atoms with E-state index in [-0.39, 0.29) is 6.54 Å². The Morgan fingerprint density at radius 3 is 2.50 bits per heavy atom. The molecule has 2 N–H and O–H groups in total. The van der Waals surface area contributed by atoms with Crippen molar-refractivity contribution in [1.82, 2.24) is 9.88 Å². The minimum Gasteiger partial charge on any atom is -0.393 e. The molecule has 1 aromatic heterocycles. The molecule has 112 valence electrons. The van der Waals surface area contributed by atoms with Gasteiger partial charge in [0.1, 0.15) is 5.92 Å². The Balaban J connectivity index is 1.89. The van der Waals surface area contributed by atoms with E-state index in [9.17, 15) is 13.2 Å². The predicted molar refractivity (Wildman–Crippen MR) is 77.1 cm³/mol. The van der Waals surface area contributed by atoms with Gasteiger partial charge in [-0.3, -0.25) is 4.90 Å². The van der Waals surface area contributed by atoms with Crippen LogP contribution in [0.4, 0.5) is 18.3 Å². The van der Waals surface area contributed by atoms with Crippen molar-refractivity contribution in [2.75, 3.05) is 37.6 Å². The summed E-state index contributed by atoms with van der Waals surface area (Å²) in [5.74, 6) is -1.73. The number of alkyl halides is 3. The Labute approximate surface area is 124 Å². The summed E-state index contributed by atoms with van der Waals surface area (Å²) >= 11 is 6.06. The van der Waals surface area contributed by atoms with Crippen molar-refractivity contribution in [3.63, 3.8) is 0 Å². The smallest absolute Gasteiger partial charge is 0.393 e. The first-order chi connectivity index (χ1) is 9.38. The number of nitrogens with two attached hydrogens (primary N) is 1. The largest absolute Gasteiger partial charge is 0.399 e. The van der Waals surface area contributed by atoms with E-state index in [1.165, 1.54) is 11.3 Å². The van der Waals surface area contributed by atoms with E-state index in [0.717, 1.165) is 5.13 Å². The normalized spacial score (nSPS) is 19.1. The van der Waals surface area contributed by atoms with Crippen molar-refractivity contribution in [1.29, 1.82) is 0 Å². The number of halogens is 3. The fraction of sp³-hybridized carbons (Fsp3) is 0.636. The predicted octanol–water partition coefficient (Wildman–Crippen LogP) is 1.73. The average molecular weight is 324 g/mol. The van der Waals surface area contributed by atoms with Gasteiger partial charge < -0.3 is 10.6 Å². The lowest BCUT2D eigenvalue weighted by Gasteiger charge is -2.36. The Bertz CT molecular complexity index is 441. The van der Waals surface area contributed by atoms with Gasteiger partial charge in [0.25, 0.3) is 0 Å². The van der Waals surface area contributed by atoms with Crippen LogP contribution in [0, 0.1) is 5.92 Å². The summed E-state index contributed by atoms with van der Waals surface area (Å²) in [6, 6.07) is 0. The number of anilines is 1. The van der Waals surface area contributed by atoms with Gasteiger partial charge in [-0.1, -0.05) is 12.2 Å². The number of rotatable bonds is 4. The second-order valence-corrected chi connectivity index (χ2v) is 5.94. The first-order valence-electron chi connectivity index (χ1n) is 6.11. The highest BCUT2D eigenvalue weighted by molar-refractivity contribution is 7.80. The van der Waals surface area contributed by atoms with Gasteiger partial charge in [0.2, 0.25) is 0 Å². The van der Waals surface area contributed by atoms with E-state index in [1.807, 2.05) is 5.38 Å². The van der Waals surface area contributed by atoms with Crippen LogP contribution < -0.4 is 10.6 Å². The molecule has 9 heteroatoms. The molecular formula is C11H15F3N4S2. The Hall–Kier alpha value is -0.930. The van der Waals surface area contributed by atoms with Crippen LogP contribution in [0.25, 0.3) is 0 Å². The monoisotopic (exact) mass is 324 g/mol.